The zero-order valence-corrected chi connectivity index (χ0v) is 13.7. The Morgan fingerprint density at radius 1 is 1.40 bits per heavy atom. The van der Waals surface area contributed by atoms with Crippen LogP contribution in [0.4, 0.5) is 5.82 Å². The number of halogens is 1. The maximum Gasteiger partial charge on any atom is 0.158 e. The van der Waals surface area contributed by atoms with Gasteiger partial charge in [-0.25, -0.2) is 9.97 Å². The molecule has 1 heterocycles. The summed E-state index contributed by atoms with van der Waals surface area (Å²) < 4.78 is 5.68. The predicted molar refractivity (Wildman–Crippen MR) is 85.6 cm³/mol. The van der Waals surface area contributed by atoms with Crippen molar-refractivity contribution in [2.45, 2.75) is 44.0 Å². The molecule has 0 unspecified atom stereocenters. The van der Waals surface area contributed by atoms with E-state index in [0.29, 0.717) is 28.9 Å². The van der Waals surface area contributed by atoms with E-state index in [9.17, 15) is 0 Å². The first kappa shape index (κ1) is 15.9. The van der Waals surface area contributed by atoms with Gasteiger partial charge in [-0.15, -0.1) is 0 Å². The molecule has 0 amide bonds. The number of aromatic nitrogens is 2. The molecule has 1 aromatic rings. The Labute approximate surface area is 130 Å². The summed E-state index contributed by atoms with van der Waals surface area (Å²) in [7, 11) is 0. The third-order valence-electron chi connectivity index (χ3n) is 3.72. The second kappa shape index (κ2) is 7.48. The van der Waals surface area contributed by atoms with Gasteiger partial charge in [0.1, 0.15) is 17.6 Å². The fourth-order valence-electron chi connectivity index (χ4n) is 2.54. The van der Waals surface area contributed by atoms with E-state index in [1.165, 1.54) is 25.7 Å². The van der Waals surface area contributed by atoms with Gasteiger partial charge in [0, 0.05) is 24.0 Å². The van der Waals surface area contributed by atoms with Crippen molar-refractivity contribution in [2.24, 2.45) is 0 Å². The van der Waals surface area contributed by atoms with Crippen LogP contribution in [0.2, 0.25) is 5.15 Å². The van der Waals surface area contributed by atoms with Gasteiger partial charge in [-0.05, 0) is 26.0 Å². The topological polar surface area (TPSA) is 47.0 Å². The number of anilines is 1. The zero-order chi connectivity index (χ0) is 14.4. The van der Waals surface area contributed by atoms with Gasteiger partial charge in [0.05, 0.1) is 0 Å². The lowest BCUT2D eigenvalue weighted by molar-refractivity contribution is 0.128. The van der Waals surface area contributed by atoms with Crippen LogP contribution >= 0.6 is 23.4 Å². The van der Waals surface area contributed by atoms with Crippen LogP contribution < -0.4 is 5.32 Å². The molecule has 0 radical (unpaired) electrons. The SMILES string of the molecule is CCOCc1nc(Cl)cc(NCC2(SC)CCCC2)n1. The Hall–Kier alpha value is -0.520. The zero-order valence-electron chi connectivity index (χ0n) is 12.1. The molecule has 0 bridgehead atoms. The van der Waals surface area contributed by atoms with Crippen molar-refractivity contribution in [3.8, 4) is 0 Å². The maximum atomic E-state index is 6.04. The van der Waals surface area contributed by atoms with Crippen LogP contribution in [0.25, 0.3) is 0 Å². The number of hydrogen-bond donors (Lipinski definition) is 1. The summed E-state index contributed by atoms with van der Waals surface area (Å²) in [6.45, 7) is 3.93. The number of hydrogen-bond acceptors (Lipinski definition) is 5. The lowest BCUT2D eigenvalue weighted by atomic mass is 10.1. The van der Waals surface area contributed by atoms with E-state index in [0.717, 1.165) is 12.4 Å². The van der Waals surface area contributed by atoms with Gasteiger partial charge < -0.3 is 10.1 Å². The van der Waals surface area contributed by atoms with Crippen LogP contribution in [0, 0.1) is 0 Å². The summed E-state index contributed by atoms with van der Waals surface area (Å²) in [4.78, 5) is 8.63. The Balaban J connectivity index is 1.99. The van der Waals surface area contributed by atoms with Crippen LogP contribution in [0.15, 0.2) is 6.07 Å². The highest BCUT2D eigenvalue weighted by atomic mass is 35.5. The summed E-state index contributed by atoms with van der Waals surface area (Å²) in [5, 5.41) is 3.88. The average molecular weight is 316 g/mol. The van der Waals surface area contributed by atoms with Crippen molar-refractivity contribution in [1.82, 2.24) is 9.97 Å². The van der Waals surface area contributed by atoms with Crippen molar-refractivity contribution < 1.29 is 4.74 Å². The first-order chi connectivity index (χ1) is 9.67. The molecule has 6 heteroatoms. The first-order valence-electron chi connectivity index (χ1n) is 7.08. The third kappa shape index (κ3) is 4.24. The summed E-state index contributed by atoms with van der Waals surface area (Å²) in [5.74, 6) is 1.42. The van der Waals surface area contributed by atoms with Gasteiger partial charge in [0.2, 0.25) is 0 Å². The minimum absolute atomic E-state index is 0.345. The van der Waals surface area contributed by atoms with E-state index in [2.05, 4.69) is 21.5 Å². The van der Waals surface area contributed by atoms with Crippen molar-refractivity contribution >= 4 is 29.2 Å². The Bertz CT molecular complexity index is 438. The number of nitrogens with zero attached hydrogens (tertiary/aromatic N) is 2. The van der Waals surface area contributed by atoms with E-state index in [1.54, 1.807) is 6.07 Å². The molecule has 1 N–H and O–H groups in total. The molecule has 4 nitrogen and oxygen atoms in total. The Kier molecular flexibility index (Phi) is 5.93. The van der Waals surface area contributed by atoms with Crippen LogP contribution in [-0.4, -0.2) is 34.1 Å². The molecule has 1 saturated carbocycles. The molecule has 0 atom stereocenters. The molecule has 2 rings (SSSR count). The van der Waals surface area contributed by atoms with Crippen molar-refractivity contribution in [1.29, 1.82) is 0 Å². The number of thioether (sulfide) groups is 1. The van der Waals surface area contributed by atoms with Crippen molar-refractivity contribution in [2.75, 3.05) is 24.7 Å². The van der Waals surface area contributed by atoms with Gasteiger partial charge >= 0.3 is 0 Å². The largest absolute Gasteiger partial charge is 0.374 e. The van der Waals surface area contributed by atoms with E-state index in [-0.39, 0.29) is 0 Å². The lowest BCUT2D eigenvalue weighted by Crippen LogP contribution is -2.30. The van der Waals surface area contributed by atoms with Crippen molar-refractivity contribution in [3.63, 3.8) is 0 Å². The van der Waals surface area contributed by atoms with Gasteiger partial charge in [-0.1, -0.05) is 24.4 Å². The molecule has 112 valence electrons. The standard InChI is InChI=1S/C14H22ClN3OS/c1-3-19-9-13-17-11(15)8-12(18-13)16-10-14(20-2)6-4-5-7-14/h8H,3-7,9-10H2,1-2H3,(H,16,17,18). The fraction of sp³-hybridized carbons (Fsp3) is 0.714. The minimum atomic E-state index is 0.345. The van der Waals surface area contributed by atoms with E-state index in [1.807, 2.05) is 18.7 Å². The van der Waals surface area contributed by atoms with Crippen LogP contribution in [-0.2, 0) is 11.3 Å². The van der Waals surface area contributed by atoms with Gasteiger partial charge in [-0.3, -0.25) is 0 Å². The molecule has 20 heavy (non-hydrogen) atoms. The van der Waals surface area contributed by atoms with Gasteiger partial charge in [0.15, 0.2) is 5.82 Å². The normalized spacial score (nSPS) is 17.4. The highest BCUT2D eigenvalue weighted by molar-refractivity contribution is 8.00. The number of nitrogens with one attached hydrogen (secondary N) is 1. The average Bonchev–Trinajstić information content (AvgIpc) is 2.92. The highest BCUT2D eigenvalue weighted by Gasteiger charge is 2.32. The maximum absolute atomic E-state index is 6.04. The summed E-state index contributed by atoms with van der Waals surface area (Å²) in [5.41, 5.74) is 0. The smallest absolute Gasteiger partial charge is 0.158 e. The minimum Gasteiger partial charge on any atom is -0.374 e. The molecular formula is C14H22ClN3OS. The molecule has 0 aromatic carbocycles. The molecular weight excluding hydrogens is 294 g/mol. The van der Waals surface area contributed by atoms with Gasteiger partial charge in [0.25, 0.3) is 0 Å². The van der Waals surface area contributed by atoms with E-state index in [4.69, 9.17) is 16.3 Å². The van der Waals surface area contributed by atoms with Crippen LogP contribution in [0.5, 0.6) is 0 Å². The predicted octanol–water partition coefficient (Wildman–Crippen LogP) is 3.75. The Morgan fingerprint density at radius 3 is 2.80 bits per heavy atom. The van der Waals surface area contributed by atoms with Crippen LogP contribution in [0.1, 0.15) is 38.4 Å². The molecule has 1 aliphatic carbocycles. The highest BCUT2D eigenvalue weighted by Crippen LogP contribution is 2.40. The second-order valence-electron chi connectivity index (χ2n) is 5.08. The number of rotatable bonds is 7. The quantitative estimate of drug-likeness (QED) is 0.776. The monoisotopic (exact) mass is 315 g/mol. The Morgan fingerprint density at radius 2 is 2.15 bits per heavy atom. The summed E-state index contributed by atoms with van der Waals surface area (Å²) in [6, 6.07) is 1.78. The van der Waals surface area contributed by atoms with E-state index < -0.39 is 0 Å². The fourth-order valence-corrected chi connectivity index (χ4v) is 3.65. The molecule has 0 aliphatic heterocycles. The number of ether oxygens (including phenoxy) is 1. The molecule has 0 saturated heterocycles. The molecule has 0 spiro atoms. The molecule has 1 aromatic heterocycles. The molecule has 1 aliphatic rings. The lowest BCUT2D eigenvalue weighted by Gasteiger charge is -2.27. The first-order valence-corrected chi connectivity index (χ1v) is 8.68. The molecule has 1 fully saturated rings. The third-order valence-corrected chi connectivity index (χ3v) is 5.33. The van der Waals surface area contributed by atoms with Crippen molar-refractivity contribution in [3.05, 3.63) is 17.0 Å². The second-order valence-corrected chi connectivity index (χ2v) is 6.74. The van der Waals surface area contributed by atoms with Crippen LogP contribution in [0.3, 0.4) is 0 Å². The van der Waals surface area contributed by atoms with Gasteiger partial charge in [-0.2, -0.15) is 11.8 Å². The summed E-state index contributed by atoms with van der Waals surface area (Å²) in [6.07, 6.45) is 7.38. The summed E-state index contributed by atoms with van der Waals surface area (Å²) >= 11 is 8.00. The van der Waals surface area contributed by atoms with E-state index >= 15 is 0 Å².